The molecule has 160 valence electrons. The largest absolute Gasteiger partial charge is 0.378 e. The first-order chi connectivity index (χ1) is 13.2. The molecule has 2 heterocycles. The second-order valence-corrected chi connectivity index (χ2v) is 9.19. The highest BCUT2D eigenvalue weighted by molar-refractivity contribution is 14.0. The molecule has 0 radical (unpaired) electrons. The van der Waals surface area contributed by atoms with Crippen LogP contribution in [0.2, 0.25) is 0 Å². The minimum Gasteiger partial charge on any atom is -0.378 e. The van der Waals surface area contributed by atoms with Gasteiger partial charge in [-0.05, 0) is 52.4 Å². The number of hydrogen-bond donors (Lipinski definition) is 1. The highest BCUT2D eigenvalue weighted by Gasteiger charge is 2.23. The number of aryl methyl sites for hydroxylation is 2. The number of likely N-dealkylation sites (tertiary alicyclic amines) is 1. The number of nitrogens with zero attached hydrogens (tertiary/aromatic N) is 3. The lowest BCUT2D eigenvalue weighted by molar-refractivity contribution is 0.00102. The van der Waals surface area contributed by atoms with E-state index in [1.54, 1.807) is 11.3 Å². The third-order valence-electron chi connectivity index (χ3n) is 5.72. The molecule has 1 aliphatic heterocycles. The van der Waals surface area contributed by atoms with Crippen LogP contribution in [0.5, 0.6) is 0 Å². The number of aromatic nitrogens is 1. The van der Waals surface area contributed by atoms with Crippen LogP contribution in [0.25, 0.3) is 0 Å². The van der Waals surface area contributed by atoms with E-state index >= 15 is 0 Å². The smallest absolute Gasteiger partial charge is 0.193 e. The maximum absolute atomic E-state index is 6.22. The predicted molar refractivity (Wildman–Crippen MR) is 129 cm³/mol. The van der Waals surface area contributed by atoms with Gasteiger partial charge in [-0.1, -0.05) is 12.8 Å². The topological polar surface area (TPSA) is 49.8 Å². The molecule has 0 aromatic carbocycles. The van der Waals surface area contributed by atoms with Gasteiger partial charge in [-0.15, -0.1) is 35.3 Å². The van der Waals surface area contributed by atoms with Crippen molar-refractivity contribution in [2.45, 2.75) is 71.8 Å². The molecule has 0 spiro atoms. The van der Waals surface area contributed by atoms with Gasteiger partial charge in [-0.2, -0.15) is 0 Å². The fraction of sp³-hybridized carbons (Fsp3) is 0.810. The first kappa shape index (κ1) is 23.9. The van der Waals surface area contributed by atoms with E-state index in [1.807, 2.05) is 0 Å². The number of rotatable bonds is 7. The fourth-order valence-electron chi connectivity index (χ4n) is 4.18. The maximum atomic E-state index is 6.22. The zero-order valence-electron chi connectivity index (χ0n) is 17.7. The van der Waals surface area contributed by atoms with Gasteiger partial charge in [-0.3, -0.25) is 4.99 Å². The molecular weight excluding hydrogens is 483 g/mol. The Morgan fingerprint density at radius 2 is 1.93 bits per heavy atom. The Morgan fingerprint density at radius 3 is 2.54 bits per heavy atom. The van der Waals surface area contributed by atoms with Gasteiger partial charge in [-0.25, -0.2) is 4.98 Å². The molecule has 1 saturated heterocycles. The van der Waals surface area contributed by atoms with Crippen molar-refractivity contribution in [1.29, 1.82) is 0 Å². The van der Waals surface area contributed by atoms with Gasteiger partial charge < -0.3 is 15.0 Å². The number of halogens is 1. The second kappa shape index (κ2) is 12.3. The van der Waals surface area contributed by atoms with Crippen molar-refractivity contribution in [2.24, 2.45) is 10.9 Å². The quantitative estimate of drug-likeness (QED) is 0.326. The molecule has 2 fully saturated rings. The molecule has 1 aliphatic carbocycles. The SMILES string of the molecule is CCNC(=NCCc1sc(C)nc1C)N1CCC(OCC2CCCC2)CC1.I. The molecule has 7 heteroatoms. The van der Waals surface area contributed by atoms with E-state index in [-0.39, 0.29) is 24.0 Å². The Bertz CT molecular complexity index is 608. The number of thiazole rings is 1. The van der Waals surface area contributed by atoms with Gasteiger partial charge in [0.25, 0.3) is 0 Å². The van der Waals surface area contributed by atoms with E-state index in [0.717, 1.165) is 74.6 Å². The second-order valence-electron chi connectivity index (χ2n) is 7.90. The number of hydrogen-bond acceptors (Lipinski definition) is 4. The van der Waals surface area contributed by atoms with Crippen LogP contribution in [0.15, 0.2) is 4.99 Å². The van der Waals surface area contributed by atoms with Crippen LogP contribution in [-0.4, -0.2) is 54.7 Å². The molecule has 0 unspecified atom stereocenters. The van der Waals surface area contributed by atoms with E-state index in [9.17, 15) is 0 Å². The van der Waals surface area contributed by atoms with E-state index in [4.69, 9.17) is 9.73 Å². The number of ether oxygens (including phenoxy) is 1. The van der Waals surface area contributed by atoms with Gasteiger partial charge in [0.05, 0.1) is 16.8 Å². The maximum Gasteiger partial charge on any atom is 0.193 e. The summed E-state index contributed by atoms with van der Waals surface area (Å²) in [5.41, 5.74) is 1.16. The number of nitrogens with one attached hydrogen (secondary N) is 1. The lowest BCUT2D eigenvalue weighted by atomic mass is 10.1. The van der Waals surface area contributed by atoms with E-state index < -0.39 is 0 Å². The molecular formula is C21H37IN4OS. The van der Waals surface area contributed by atoms with Gasteiger partial charge in [0.2, 0.25) is 0 Å². The normalized spacial score (nSPS) is 19.1. The standard InChI is InChI=1S/C21H36N4OS.HI/c1-4-22-21(23-12-9-20-16(2)24-17(3)27-20)25-13-10-19(11-14-25)26-15-18-7-5-6-8-18;/h18-19H,4-15H2,1-3H3,(H,22,23);1H. The summed E-state index contributed by atoms with van der Waals surface area (Å²) in [5.74, 6) is 1.88. The Hall–Kier alpha value is -0.410. The van der Waals surface area contributed by atoms with Gasteiger partial charge >= 0.3 is 0 Å². The van der Waals surface area contributed by atoms with Crippen LogP contribution in [0.3, 0.4) is 0 Å². The number of piperidine rings is 1. The molecule has 2 aliphatic rings. The average Bonchev–Trinajstić information content (AvgIpc) is 3.29. The van der Waals surface area contributed by atoms with Crippen LogP contribution in [0.4, 0.5) is 0 Å². The Morgan fingerprint density at radius 1 is 1.21 bits per heavy atom. The Balaban J connectivity index is 0.00000280. The molecule has 28 heavy (non-hydrogen) atoms. The van der Waals surface area contributed by atoms with Crippen molar-refractivity contribution >= 4 is 41.3 Å². The Kier molecular flexibility index (Phi) is 10.5. The van der Waals surface area contributed by atoms with Crippen LogP contribution in [0, 0.1) is 19.8 Å². The van der Waals surface area contributed by atoms with Crippen molar-refractivity contribution in [3.8, 4) is 0 Å². The molecule has 0 atom stereocenters. The van der Waals surface area contributed by atoms with Crippen molar-refractivity contribution in [3.05, 3.63) is 15.6 Å². The minimum absolute atomic E-state index is 0. The third kappa shape index (κ3) is 7.13. The zero-order valence-corrected chi connectivity index (χ0v) is 20.9. The van der Waals surface area contributed by atoms with Gasteiger partial charge in [0, 0.05) is 44.1 Å². The van der Waals surface area contributed by atoms with Crippen molar-refractivity contribution < 1.29 is 4.74 Å². The summed E-state index contributed by atoms with van der Waals surface area (Å²) >= 11 is 1.80. The molecule has 0 bridgehead atoms. The summed E-state index contributed by atoms with van der Waals surface area (Å²) in [6.45, 7) is 11.1. The molecule has 1 saturated carbocycles. The van der Waals surface area contributed by atoms with Crippen LogP contribution in [-0.2, 0) is 11.2 Å². The van der Waals surface area contributed by atoms with Gasteiger partial charge in [0.15, 0.2) is 5.96 Å². The summed E-state index contributed by atoms with van der Waals surface area (Å²) in [7, 11) is 0. The predicted octanol–water partition coefficient (Wildman–Crippen LogP) is 4.56. The van der Waals surface area contributed by atoms with E-state index in [2.05, 4.69) is 36.0 Å². The highest BCUT2D eigenvalue weighted by Crippen LogP contribution is 2.26. The molecule has 5 nitrogen and oxygen atoms in total. The Labute approximate surface area is 191 Å². The number of guanidine groups is 1. The fourth-order valence-corrected chi connectivity index (χ4v) is 5.10. The summed E-state index contributed by atoms with van der Waals surface area (Å²) < 4.78 is 6.22. The van der Waals surface area contributed by atoms with E-state index in [1.165, 1.54) is 30.6 Å². The molecule has 3 rings (SSSR count). The number of aliphatic imine (C=N–C) groups is 1. The van der Waals surface area contributed by atoms with Gasteiger partial charge in [0.1, 0.15) is 0 Å². The van der Waals surface area contributed by atoms with Crippen LogP contribution < -0.4 is 5.32 Å². The average molecular weight is 521 g/mol. The lowest BCUT2D eigenvalue weighted by Gasteiger charge is -2.34. The summed E-state index contributed by atoms with van der Waals surface area (Å²) in [6.07, 6.45) is 9.18. The van der Waals surface area contributed by atoms with Crippen LogP contribution >= 0.6 is 35.3 Å². The monoisotopic (exact) mass is 520 g/mol. The highest BCUT2D eigenvalue weighted by atomic mass is 127. The lowest BCUT2D eigenvalue weighted by Crippen LogP contribution is -2.47. The van der Waals surface area contributed by atoms with Crippen molar-refractivity contribution in [3.63, 3.8) is 0 Å². The van der Waals surface area contributed by atoms with Crippen molar-refractivity contribution in [2.75, 3.05) is 32.8 Å². The summed E-state index contributed by atoms with van der Waals surface area (Å²) in [5, 5.41) is 4.62. The molecule has 1 N–H and O–H groups in total. The zero-order chi connectivity index (χ0) is 19.1. The third-order valence-corrected chi connectivity index (χ3v) is 6.85. The molecule has 0 amide bonds. The molecule has 1 aromatic rings. The van der Waals surface area contributed by atoms with E-state index in [0.29, 0.717) is 6.10 Å². The summed E-state index contributed by atoms with van der Waals surface area (Å²) in [6, 6.07) is 0. The first-order valence-corrected chi connectivity index (χ1v) is 11.5. The van der Waals surface area contributed by atoms with Crippen LogP contribution in [0.1, 0.15) is 61.0 Å². The van der Waals surface area contributed by atoms with Crippen molar-refractivity contribution in [1.82, 2.24) is 15.2 Å². The summed E-state index contributed by atoms with van der Waals surface area (Å²) in [4.78, 5) is 13.2. The minimum atomic E-state index is 0. The molecule has 1 aromatic heterocycles. The first-order valence-electron chi connectivity index (χ1n) is 10.7.